The molecule has 0 saturated carbocycles. The maximum absolute atomic E-state index is 10.6. The summed E-state index contributed by atoms with van der Waals surface area (Å²) in [6.45, 7) is 0. The summed E-state index contributed by atoms with van der Waals surface area (Å²) in [5.41, 5.74) is 0. The van der Waals surface area contributed by atoms with Crippen LogP contribution in [-0.4, -0.2) is 10.6 Å². The Morgan fingerprint density at radius 2 is 1.90 bits per heavy atom. The van der Waals surface area contributed by atoms with Gasteiger partial charge in [0.05, 0.1) is 11.3 Å². The Bertz CT molecular complexity index is 196. The highest BCUT2D eigenvalue weighted by Gasteiger charge is 2.21. The smallest absolute Gasteiger partial charge is 0.230 e. The van der Waals surface area contributed by atoms with Crippen LogP contribution in [-0.2, 0) is 4.79 Å². The van der Waals surface area contributed by atoms with E-state index in [1.165, 1.54) is 0 Å². The Kier molecular flexibility index (Phi) is 2.52. The fourth-order valence-corrected chi connectivity index (χ4v) is 1.34. The molecule has 0 aromatic heterocycles. The van der Waals surface area contributed by atoms with E-state index in [-0.39, 0.29) is 11.3 Å². The minimum Gasteiger partial charge on any atom is -0.281 e. The Balaban J connectivity index is 2.70. The lowest BCUT2D eigenvalue weighted by Gasteiger charge is -2.12. The number of hydrogen-bond donors (Lipinski definition) is 0. The molecular weight excluding hydrogens is 171 g/mol. The fraction of sp³-hybridized carbons (Fsp3) is 0.286. The van der Waals surface area contributed by atoms with Crippen molar-refractivity contribution >= 4 is 28.4 Å². The van der Waals surface area contributed by atoms with Crippen molar-refractivity contribution in [3.8, 4) is 0 Å². The molecule has 54 valence electrons. The van der Waals surface area contributed by atoms with Crippen molar-refractivity contribution in [3.63, 3.8) is 0 Å². The quantitative estimate of drug-likeness (QED) is 0.442. The van der Waals surface area contributed by atoms with Gasteiger partial charge in [0, 0.05) is 0 Å². The second-order valence-corrected chi connectivity index (χ2v) is 2.92. The topological polar surface area (TPSA) is 17.1 Å². The maximum atomic E-state index is 10.6. The molecule has 1 rings (SSSR count). The zero-order valence-electron chi connectivity index (χ0n) is 5.13. The van der Waals surface area contributed by atoms with Gasteiger partial charge in [-0.15, -0.1) is 11.6 Å². The molecule has 10 heavy (non-hydrogen) atoms. The van der Waals surface area contributed by atoms with Gasteiger partial charge in [-0.25, -0.2) is 0 Å². The van der Waals surface area contributed by atoms with E-state index >= 15 is 0 Å². The number of halogens is 2. The van der Waals surface area contributed by atoms with Crippen LogP contribution in [0.4, 0.5) is 0 Å². The molecule has 0 N–H and O–H groups in total. The second kappa shape index (κ2) is 3.22. The van der Waals surface area contributed by atoms with Gasteiger partial charge in [0.25, 0.3) is 0 Å². The largest absolute Gasteiger partial charge is 0.281 e. The molecule has 0 aliphatic heterocycles. The van der Waals surface area contributed by atoms with E-state index < -0.39 is 5.24 Å². The van der Waals surface area contributed by atoms with Crippen molar-refractivity contribution in [1.82, 2.24) is 0 Å². The predicted octanol–water partition coefficient (Wildman–Crippen LogP) is 2.10. The van der Waals surface area contributed by atoms with Gasteiger partial charge in [0.15, 0.2) is 0 Å². The third kappa shape index (κ3) is 1.61. The molecule has 1 nitrogen and oxygen atoms in total. The highest BCUT2D eigenvalue weighted by Crippen LogP contribution is 2.20. The lowest BCUT2D eigenvalue weighted by atomic mass is 10.0. The summed E-state index contributed by atoms with van der Waals surface area (Å²) in [6.07, 6.45) is 7.01. The molecule has 2 atom stereocenters. The maximum Gasteiger partial charge on any atom is 0.230 e. The molecule has 0 radical (unpaired) electrons. The summed E-state index contributed by atoms with van der Waals surface area (Å²) in [7, 11) is 0. The van der Waals surface area contributed by atoms with Crippen molar-refractivity contribution in [2.45, 2.75) is 5.38 Å². The van der Waals surface area contributed by atoms with Crippen LogP contribution in [0.25, 0.3) is 0 Å². The van der Waals surface area contributed by atoms with Crippen LogP contribution in [0.5, 0.6) is 0 Å². The van der Waals surface area contributed by atoms with Crippen LogP contribution in [0.3, 0.4) is 0 Å². The van der Waals surface area contributed by atoms with E-state index in [1.54, 1.807) is 24.3 Å². The summed E-state index contributed by atoms with van der Waals surface area (Å²) in [5, 5.41) is -0.685. The lowest BCUT2D eigenvalue weighted by molar-refractivity contribution is -0.113. The molecule has 0 saturated heterocycles. The Labute approximate surface area is 69.3 Å². The molecule has 1 aliphatic carbocycles. The van der Waals surface area contributed by atoms with Crippen LogP contribution < -0.4 is 0 Å². The zero-order valence-corrected chi connectivity index (χ0v) is 6.64. The van der Waals surface area contributed by atoms with Gasteiger partial charge in [-0.2, -0.15) is 0 Å². The van der Waals surface area contributed by atoms with Gasteiger partial charge in [0.1, 0.15) is 0 Å². The normalized spacial score (nSPS) is 30.6. The van der Waals surface area contributed by atoms with E-state index in [4.69, 9.17) is 23.2 Å². The van der Waals surface area contributed by atoms with Crippen LogP contribution in [0, 0.1) is 5.92 Å². The van der Waals surface area contributed by atoms with Crippen molar-refractivity contribution in [2.75, 3.05) is 0 Å². The molecule has 0 fully saturated rings. The first-order chi connectivity index (χ1) is 4.72. The third-order valence-electron chi connectivity index (χ3n) is 1.33. The van der Waals surface area contributed by atoms with Gasteiger partial charge in [-0.3, -0.25) is 4.79 Å². The van der Waals surface area contributed by atoms with Crippen molar-refractivity contribution < 1.29 is 4.79 Å². The summed E-state index contributed by atoms with van der Waals surface area (Å²) in [6, 6.07) is 0. The average molecular weight is 177 g/mol. The Morgan fingerprint density at radius 1 is 1.30 bits per heavy atom. The predicted molar refractivity (Wildman–Crippen MR) is 42.3 cm³/mol. The molecule has 0 amide bonds. The number of carbonyl (C=O) groups is 1. The number of rotatable bonds is 1. The summed E-state index contributed by atoms with van der Waals surface area (Å²) >= 11 is 11.0. The summed E-state index contributed by atoms with van der Waals surface area (Å²) in [5.74, 6) is -0.353. The minimum absolute atomic E-state index is 0.282. The lowest BCUT2D eigenvalue weighted by Crippen LogP contribution is -2.18. The third-order valence-corrected chi connectivity index (χ3v) is 2.00. The highest BCUT2D eigenvalue weighted by atomic mass is 35.5. The molecule has 2 unspecified atom stereocenters. The van der Waals surface area contributed by atoms with Gasteiger partial charge >= 0.3 is 0 Å². The monoisotopic (exact) mass is 176 g/mol. The van der Waals surface area contributed by atoms with Gasteiger partial charge in [-0.1, -0.05) is 24.3 Å². The van der Waals surface area contributed by atoms with E-state index in [0.717, 1.165) is 0 Å². The van der Waals surface area contributed by atoms with Crippen molar-refractivity contribution in [2.24, 2.45) is 5.92 Å². The summed E-state index contributed by atoms with van der Waals surface area (Å²) < 4.78 is 0. The number of hydrogen-bond acceptors (Lipinski definition) is 1. The van der Waals surface area contributed by atoms with Crippen LogP contribution in [0.2, 0.25) is 0 Å². The van der Waals surface area contributed by atoms with E-state index in [1.807, 2.05) is 0 Å². The number of carbonyl (C=O) groups excluding carboxylic acids is 1. The van der Waals surface area contributed by atoms with Gasteiger partial charge < -0.3 is 0 Å². The average Bonchev–Trinajstić information content (AvgIpc) is 1.88. The zero-order chi connectivity index (χ0) is 7.56. The molecule has 1 aliphatic rings. The van der Waals surface area contributed by atoms with E-state index in [9.17, 15) is 4.79 Å². The molecule has 3 heteroatoms. The molecule has 0 aromatic carbocycles. The minimum atomic E-state index is -0.402. The first-order valence-corrected chi connectivity index (χ1v) is 3.71. The molecule has 0 heterocycles. The molecule has 0 spiro atoms. The van der Waals surface area contributed by atoms with Crippen molar-refractivity contribution in [3.05, 3.63) is 24.3 Å². The van der Waals surface area contributed by atoms with Crippen molar-refractivity contribution in [1.29, 1.82) is 0 Å². The van der Waals surface area contributed by atoms with Gasteiger partial charge in [-0.05, 0) is 11.6 Å². The van der Waals surface area contributed by atoms with E-state index in [2.05, 4.69) is 0 Å². The molecule has 0 bridgehead atoms. The number of allylic oxidation sites excluding steroid dienone is 4. The first-order valence-electron chi connectivity index (χ1n) is 2.90. The fourth-order valence-electron chi connectivity index (χ4n) is 0.781. The van der Waals surface area contributed by atoms with Gasteiger partial charge in [0.2, 0.25) is 5.24 Å². The molecule has 0 aromatic rings. The Hall–Kier alpha value is -0.270. The summed E-state index contributed by atoms with van der Waals surface area (Å²) in [4.78, 5) is 10.6. The number of alkyl halides is 1. The molecular formula is C7H6Cl2O. The van der Waals surface area contributed by atoms with Crippen LogP contribution in [0.1, 0.15) is 0 Å². The highest BCUT2D eigenvalue weighted by molar-refractivity contribution is 6.64. The first kappa shape index (κ1) is 7.83. The van der Waals surface area contributed by atoms with Crippen LogP contribution >= 0.6 is 23.2 Å². The van der Waals surface area contributed by atoms with Crippen LogP contribution in [0.15, 0.2) is 24.3 Å². The standard InChI is InChI=1S/C7H6Cl2O/c8-6-4-2-1-3-5(6)7(9)10/h1-6H. The van der Waals surface area contributed by atoms with E-state index in [0.29, 0.717) is 0 Å². The second-order valence-electron chi connectivity index (χ2n) is 2.04. The SMILES string of the molecule is O=C(Cl)C1C=CC=CC1Cl. The Morgan fingerprint density at radius 3 is 2.30 bits per heavy atom.